The summed E-state index contributed by atoms with van der Waals surface area (Å²) in [7, 11) is 0. The smallest absolute Gasteiger partial charge is 0.312 e. The van der Waals surface area contributed by atoms with Gasteiger partial charge in [0.2, 0.25) is 11.8 Å². The van der Waals surface area contributed by atoms with Crippen LogP contribution in [-0.2, 0) is 28.7 Å². The number of carbonyl (C=O) groups is 4. The molecule has 22 heavy (non-hydrogen) atoms. The number of nitrogens with one attached hydrogen (secondary N) is 1. The van der Waals surface area contributed by atoms with E-state index < -0.39 is 29.8 Å². The molecule has 1 aliphatic carbocycles. The van der Waals surface area contributed by atoms with Crippen LogP contribution in [0.3, 0.4) is 0 Å². The Morgan fingerprint density at radius 2 is 1.73 bits per heavy atom. The molecule has 1 fully saturated rings. The van der Waals surface area contributed by atoms with Crippen LogP contribution in [0.4, 0.5) is 0 Å². The molecule has 124 valence electrons. The molecule has 1 rings (SSSR count). The zero-order valence-electron chi connectivity index (χ0n) is 12.8. The molecule has 3 N–H and O–H groups in total. The Bertz CT molecular complexity index is 447. The lowest BCUT2D eigenvalue weighted by atomic mass is 9.95. The van der Waals surface area contributed by atoms with E-state index in [1.165, 1.54) is 0 Å². The van der Waals surface area contributed by atoms with Crippen molar-refractivity contribution in [3.8, 4) is 0 Å². The number of hydrogen-bond donors (Lipinski definition) is 2. The first kappa shape index (κ1) is 17.9. The number of primary amides is 1. The van der Waals surface area contributed by atoms with E-state index in [2.05, 4.69) is 5.32 Å². The Hall–Kier alpha value is -2.12. The molecule has 0 unspecified atom stereocenters. The molecule has 0 heterocycles. The van der Waals surface area contributed by atoms with Gasteiger partial charge in [-0.2, -0.15) is 0 Å². The van der Waals surface area contributed by atoms with E-state index >= 15 is 0 Å². The maximum absolute atomic E-state index is 12.0. The average molecular weight is 314 g/mol. The minimum Gasteiger partial charge on any atom is -0.466 e. The van der Waals surface area contributed by atoms with Crippen molar-refractivity contribution in [2.75, 3.05) is 13.2 Å². The average Bonchev–Trinajstić information content (AvgIpc) is 3.27. The fraction of sp³-hybridized carbons (Fsp3) is 0.714. The third-order valence-corrected chi connectivity index (χ3v) is 3.24. The van der Waals surface area contributed by atoms with Crippen LogP contribution in [0.5, 0.6) is 0 Å². The zero-order chi connectivity index (χ0) is 16.7. The van der Waals surface area contributed by atoms with Crippen molar-refractivity contribution in [1.82, 2.24) is 5.32 Å². The molecular weight excluding hydrogens is 292 g/mol. The molecule has 1 saturated carbocycles. The fourth-order valence-electron chi connectivity index (χ4n) is 1.97. The molecule has 0 aromatic carbocycles. The van der Waals surface area contributed by atoms with E-state index in [1.54, 1.807) is 13.8 Å². The van der Waals surface area contributed by atoms with Crippen molar-refractivity contribution >= 4 is 23.8 Å². The maximum Gasteiger partial charge on any atom is 0.312 e. The van der Waals surface area contributed by atoms with E-state index in [4.69, 9.17) is 15.2 Å². The Labute approximate surface area is 128 Å². The summed E-state index contributed by atoms with van der Waals surface area (Å²) in [6.07, 6.45) is 1.09. The molecule has 0 aromatic rings. The third kappa shape index (κ3) is 5.34. The van der Waals surface area contributed by atoms with E-state index in [0.717, 1.165) is 12.8 Å². The highest BCUT2D eigenvalue weighted by Gasteiger charge is 2.39. The van der Waals surface area contributed by atoms with Crippen LogP contribution in [0, 0.1) is 11.8 Å². The van der Waals surface area contributed by atoms with Gasteiger partial charge in [0.1, 0.15) is 6.04 Å². The molecule has 8 nitrogen and oxygen atoms in total. The van der Waals surface area contributed by atoms with Gasteiger partial charge >= 0.3 is 11.9 Å². The van der Waals surface area contributed by atoms with Crippen molar-refractivity contribution in [1.29, 1.82) is 0 Å². The predicted octanol–water partition coefficient (Wildman–Crippen LogP) is -0.501. The van der Waals surface area contributed by atoms with Crippen LogP contribution < -0.4 is 11.1 Å². The van der Waals surface area contributed by atoms with Gasteiger partial charge in [-0.25, -0.2) is 0 Å². The highest BCUT2D eigenvalue weighted by Crippen LogP contribution is 2.29. The van der Waals surface area contributed by atoms with Crippen molar-refractivity contribution in [2.24, 2.45) is 17.6 Å². The molecule has 2 atom stereocenters. The van der Waals surface area contributed by atoms with Crippen LogP contribution in [0.15, 0.2) is 0 Å². The molecule has 1 aliphatic rings. The van der Waals surface area contributed by atoms with E-state index in [1.807, 2.05) is 0 Å². The summed E-state index contributed by atoms with van der Waals surface area (Å²) in [4.78, 5) is 47.1. The van der Waals surface area contributed by atoms with Gasteiger partial charge in [-0.3, -0.25) is 19.2 Å². The minimum absolute atomic E-state index is 0.0835. The quantitative estimate of drug-likeness (QED) is 0.553. The van der Waals surface area contributed by atoms with Crippen LogP contribution in [0.2, 0.25) is 0 Å². The number of amides is 2. The summed E-state index contributed by atoms with van der Waals surface area (Å²) in [5.74, 6) is -4.02. The number of esters is 2. The lowest BCUT2D eigenvalue weighted by Gasteiger charge is -2.23. The van der Waals surface area contributed by atoms with E-state index in [9.17, 15) is 19.2 Å². The second kappa shape index (κ2) is 8.35. The predicted molar refractivity (Wildman–Crippen MR) is 75.2 cm³/mol. The summed E-state index contributed by atoms with van der Waals surface area (Å²) in [6, 6.07) is -1.29. The van der Waals surface area contributed by atoms with E-state index in [-0.39, 0.29) is 31.5 Å². The number of nitrogens with two attached hydrogens (primary N) is 1. The molecule has 0 aromatic heterocycles. The monoisotopic (exact) mass is 314 g/mol. The highest BCUT2D eigenvalue weighted by molar-refractivity contribution is 5.93. The highest BCUT2D eigenvalue weighted by atomic mass is 16.5. The standard InChI is InChI=1S/C14H22N2O6/c1-3-21-10(17)7-9(14(20)22-4-2)11(12(15)18)16-13(19)8-5-6-8/h8-9,11H,3-7H2,1-2H3,(H2,15,18)(H,16,19)/t9-,11+/m1/s1. The van der Waals surface area contributed by atoms with Gasteiger partial charge in [-0.1, -0.05) is 0 Å². The largest absolute Gasteiger partial charge is 0.466 e. The summed E-state index contributed by atoms with van der Waals surface area (Å²) < 4.78 is 9.65. The van der Waals surface area contributed by atoms with E-state index in [0.29, 0.717) is 0 Å². The van der Waals surface area contributed by atoms with Gasteiger partial charge in [-0.05, 0) is 26.7 Å². The minimum atomic E-state index is -1.29. The molecule has 0 radical (unpaired) electrons. The van der Waals surface area contributed by atoms with Crippen molar-refractivity contribution in [2.45, 2.75) is 39.2 Å². The third-order valence-electron chi connectivity index (χ3n) is 3.24. The maximum atomic E-state index is 12.0. The number of carbonyl (C=O) groups excluding carboxylic acids is 4. The number of ether oxygens (including phenoxy) is 2. The summed E-state index contributed by atoms with van der Waals surface area (Å²) in [5, 5.41) is 2.44. The summed E-state index contributed by atoms with van der Waals surface area (Å²) in [6.45, 7) is 3.45. The number of hydrogen-bond acceptors (Lipinski definition) is 6. The van der Waals surface area contributed by atoms with Crippen LogP contribution in [-0.4, -0.2) is 43.0 Å². The van der Waals surface area contributed by atoms with Crippen LogP contribution in [0.1, 0.15) is 33.1 Å². The SMILES string of the molecule is CCOC(=O)C[C@@H](C(=O)OCC)[C@H](NC(=O)C1CC1)C(N)=O. The zero-order valence-corrected chi connectivity index (χ0v) is 12.8. The summed E-state index contributed by atoms with van der Waals surface area (Å²) in [5.41, 5.74) is 5.28. The fourth-order valence-corrected chi connectivity index (χ4v) is 1.97. The lowest BCUT2D eigenvalue weighted by molar-refractivity contribution is -0.157. The first-order valence-electron chi connectivity index (χ1n) is 7.32. The first-order chi connectivity index (χ1) is 10.4. The van der Waals surface area contributed by atoms with Gasteiger partial charge in [0.25, 0.3) is 0 Å². The van der Waals surface area contributed by atoms with Gasteiger partial charge in [-0.15, -0.1) is 0 Å². The topological polar surface area (TPSA) is 125 Å². The van der Waals surface area contributed by atoms with Crippen LogP contribution in [0.25, 0.3) is 0 Å². The second-order valence-corrected chi connectivity index (χ2v) is 5.03. The van der Waals surface area contributed by atoms with Gasteiger partial charge in [0, 0.05) is 5.92 Å². The Morgan fingerprint density at radius 3 is 2.18 bits per heavy atom. The normalized spacial score (nSPS) is 16.3. The van der Waals surface area contributed by atoms with Gasteiger partial charge in [0.05, 0.1) is 25.6 Å². The van der Waals surface area contributed by atoms with Crippen LogP contribution >= 0.6 is 0 Å². The van der Waals surface area contributed by atoms with Crippen molar-refractivity contribution < 1.29 is 28.7 Å². The first-order valence-corrected chi connectivity index (χ1v) is 7.32. The number of rotatable bonds is 9. The lowest BCUT2D eigenvalue weighted by Crippen LogP contribution is -2.52. The molecular formula is C14H22N2O6. The molecule has 2 amide bonds. The Balaban J connectivity index is 2.85. The molecule has 0 aliphatic heterocycles. The van der Waals surface area contributed by atoms with Crippen molar-refractivity contribution in [3.63, 3.8) is 0 Å². The van der Waals surface area contributed by atoms with Gasteiger partial charge in [0.15, 0.2) is 0 Å². The molecule has 8 heteroatoms. The Kier molecular flexibility index (Phi) is 6.81. The molecule has 0 saturated heterocycles. The summed E-state index contributed by atoms with van der Waals surface area (Å²) >= 11 is 0. The molecule has 0 bridgehead atoms. The second-order valence-electron chi connectivity index (χ2n) is 5.03. The van der Waals surface area contributed by atoms with Gasteiger partial charge < -0.3 is 20.5 Å². The molecule has 0 spiro atoms. The van der Waals surface area contributed by atoms with Crippen molar-refractivity contribution in [3.05, 3.63) is 0 Å². The Morgan fingerprint density at radius 1 is 1.14 bits per heavy atom.